The Kier molecular flexibility index (Phi) is 6.69. The quantitative estimate of drug-likeness (QED) is 0.550. The molecule has 4 nitrogen and oxygen atoms in total. The van der Waals surface area contributed by atoms with E-state index in [0.717, 1.165) is 19.4 Å². The minimum atomic E-state index is -0.0890. The number of carbonyl (C=O) groups is 1. The molecule has 4 heteroatoms. The van der Waals surface area contributed by atoms with Crippen LogP contribution >= 0.6 is 0 Å². The van der Waals surface area contributed by atoms with Crippen molar-refractivity contribution >= 4 is 11.6 Å². The standard InChI is InChI=1S/C14H22N2O2/c1-2-3-4-5-9-16-14(17)11-18-13-8-6-7-12(15)10-13/h6-8,10H,2-5,9,11,15H2,1H3,(H,16,17). The molecule has 0 unspecified atom stereocenters. The molecular formula is C14H22N2O2. The molecule has 0 aliphatic rings. The normalized spacial score (nSPS) is 10.1. The topological polar surface area (TPSA) is 64.3 Å². The van der Waals surface area contributed by atoms with E-state index in [-0.39, 0.29) is 12.5 Å². The van der Waals surface area contributed by atoms with Crippen LogP contribution in [0.1, 0.15) is 32.6 Å². The second-order valence-corrected chi connectivity index (χ2v) is 4.27. The molecule has 0 fully saturated rings. The number of carbonyl (C=O) groups excluding carboxylic acids is 1. The van der Waals surface area contributed by atoms with Gasteiger partial charge in [-0.3, -0.25) is 4.79 Å². The van der Waals surface area contributed by atoms with Crippen molar-refractivity contribution in [1.82, 2.24) is 5.32 Å². The number of benzene rings is 1. The fraction of sp³-hybridized carbons (Fsp3) is 0.500. The molecule has 0 saturated carbocycles. The molecule has 0 aliphatic heterocycles. The number of nitrogens with one attached hydrogen (secondary N) is 1. The van der Waals surface area contributed by atoms with Crippen LogP contribution in [0, 0.1) is 0 Å². The number of amides is 1. The Balaban J connectivity index is 2.13. The van der Waals surface area contributed by atoms with Gasteiger partial charge in [0.05, 0.1) is 0 Å². The summed E-state index contributed by atoms with van der Waals surface area (Å²) in [5, 5.41) is 2.83. The van der Waals surface area contributed by atoms with Crippen LogP contribution in [0.5, 0.6) is 5.75 Å². The van der Waals surface area contributed by atoms with Crippen molar-refractivity contribution in [3.8, 4) is 5.75 Å². The lowest BCUT2D eigenvalue weighted by Crippen LogP contribution is -2.29. The van der Waals surface area contributed by atoms with Crippen molar-refractivity contribution in [3.63, 3.8) is 0 Å². The third-order valence-corrected chi connectivity index (χ3v) is 2.58. The zero-order valence-corrected chi connectivity index (χ0v) is 10.9. The maximum Gasteiger partial charge on any atom is 0.257 e. The van der Waals surface area contributed by atoms with E-state index in [0.29, 0.717) is 11.4 Å². The lowest BCUT2D eigenvalue weighted by atomic mass is 10.2. The molecular weight excluding hydrogens is 228 g/mol. The first kappa shape index (κ1) is 14.4. The van der Waals surface area contributed by atoms with Crippen molar-refractivity contribution in [2.75, 3.05) is 18.9 Å². The van der Waals surface area contributed by atoms with Gasteiger partial charge in [-0.2, -0.15) is 0 Å². The fourth-order valence-electron chi connectivity index (χ4n) is 1.58. The van der Waals surface area contributed by atoms with E-state index in [1.807, 2.05) is 0 Å². The van der Waals surface area contributed by atoms with Crippen LogP contribution < -0.4 is 15.8 Å². The second-order valence-electron chi connectivity index (χ2n) is 4.27. The Bertz CT molecular complexity index is 367. The SMILES string of the molecule is CCCCCCNC(=O)COc1cccc(N)c1. The fourth-order valence-corrected chi connectivity index (χ4v) is 1.58. The number of nitrogens with two attached hydrogens (primary N) is 1. The molecule has 0 aromatic heterocycles. The first-order chi connectivity index (χ1) is 8.72. The van der Waals surface area contributed by atoms with Crippen molar-refractivity contribution in [2.24, 2.45) is 0 Å². The van der Waals surface area contributed by atoms with Gasteiger partial charge in [0.1, 0.15) is 5.75 Å². The van der Waals surface area contributed by atoms with Crippen molar-refractivity contribution in [1.29, 1.82) is 0 Å². The average molecular weight is 250 g/mol. The van der Waals surface area contributed by atoms with Crippen LogP contribution in [0.3, 0.4) is 0 Å². The maximum absolute atomic E-state index is 11.5. The van der Waals surface area contributed by atoms with E-state index in [9.17, 15) is 4.79 Å². The minimum Gasteiger partial charge on any atom is -0.484 e. The van der Waals surface area contributed by atoms with Crippen LogP contribution in [-0.2, 0) is 4.79 Å². The van der Waals surface area contributed by atoms with Crippen LogP contribution in [0.15, 0.2) is 24.3 Å². The second kappa shape index (κ2) is 8.39. The third kappa shape index (κ3) is 6.13. The molecule has 0 bridgehead atoms. The molecule has 100 valence electrons. The molecule has 0 heterocycles. The van der Waals surface area contributed by atoms with Gasteiger partial charge in [0.2, 0.25) is 0 Å². The Morgan fingerprint density at radius 2 is 2.17 bits per heavy atom. The van der Waals surface area contributed by atoms with Gasteiger partial charge in [-0.05, 0) is 18.6 Å². The predicted octanol–water partition coefficient (Wildman–Crippen LogP) is 2.34. The lowest BCUT2D eigenvalue weighted by Gasteiger charge is -2.07. The molecule has 0 aliphatic carbocycles. The summed E-state index contributed by atoms with van der Waals surface area (Å²) in [7, 11) is 0. The van der Waals surface area contributed by atoms with Crippen LogP contribution in [0.2, 0.25) is 0 Å². The molecule has 1 aromatic carbocycles. The molecule has 1 aromatic rings. The zero-order chi connectivity index (χ0) is 13.2. The smallest absolute Gasteiger partial charge is 0.257 e. The van der Waals surface area contributed by atoms with Gasteiger partial charge in [0.15, 0.2) is 6.61 Å². The summed E-state index contributed by atoms with van der Waals surface area (Å²) in [5.41, 5.74) is 6.24. The summed E-state index contributed by atoms with van der Waals surface area (Å²) in [5.74, 6) is 0.532. The summed E-state index contributed by atoms with van der Waals surface area (Å²) < 4.78 is 5.33. The van der Waals surface area contributed by atoms with Gasteiger partial charge >= 0.3 is 0 Å². The summed E-state index contributed by atoms with van der Waals surface area (Å²) >= 11 is 0. The summed E-state index contributed by atoms with van der Waals surface area (Å²) in [6.07, 6.45) is 4.60. The van der Waals surface area contributed by atoms with E-state index in [2.05, 4.69) is 12.2 Å². The number of ether oxygens (including phenoxy) is 1. The monoisotopic (exact) mass is 250 g/mol. The first-order valence-electron chi connectivity index (χ1n) is 6.47. The predicted molar refractivity (Wildman–Crippen MR) is 73.5 cm³/mol. The van der Waals surface area contributed by atoms with Crippen LogP contribution in [0.4, 0.5) is 5.69 Å². The third-order valence-electron chi connectivity index (χ3n) is 2.58. The highest BCUT2D eigenvalue weighted by Gasteiger charge is 2.02. The highest BCUT2D eigenvalue weighted by molar-refractivity contribution is 5.77. The molecule has 1 rings (SSSR count). The molecule has 0 radical (unpaired) electrons. The number of unbranched alkanes of at least 4 members (excludes halogenated alkanes) is 3. The molecule has 0 saturated heterocycles. The number of rotatable bonds is 8. The van der Waals surface area contributed by atoms with Gasteiger partial charge in [0.25, 0.3) is 5.91 Å². The average Bonchev–Trinajstić information content (AvgIpc) is 2.36. The molecule has 1 amide bonds. The minimum absolute atomic E-state index is 0.0389. The summed E-state index contributed by atoms with van der Waals surface area (Å²) in [6, 6.07) is 7.06. The van der Waals surface area contributed by atoms with Gasteiger partial charge in [-0.25, -0.2) is 0 Å². The van der Waals surface area contributed by atoms with E-state index < -0.39 is 0 Å². The van der Waals surface area contributed by atoms with E-state index in [1.54, 1.807) is 24.3 Å². The Morgan fingerprint density at radius 3 is 2.89 bits per heavy atom. The van der Waals surface area contributed by atoms with Gasteiger partial charge in [-0.1, -0.05) is 32.3 Å². The van der Waals surface area contributed by atoms with E-state index in [1.165, 1.54) is 12.8 Å². The number of nitrogen functional groups attached to an aromatic ring is 1. The zero-order valence-electron chi connectivity index (χ0n) is 10.9. The Hall–Kier alpha value is -1.71. The lowest BCUT2D eigenvalue weighted by molar-refractivity contribution is -0.123. The number of hydrogen-bond acceptors (Lipinski definition) is 3. The largest absolute Gasteiger partial charge is 0.484 e. The van der Waals surface area contributed by atoms with Crippen molar-refractivity contribution in [2.45, 2.75) is 32.6 Å². The van der Waals surface area contributed by atoms with Crippen molar-refractivity contribution in [3.05, 3.63) is 24.3 Å². The Labute approximate surface area is 109 Å². The first-order valence-corrected chi connectivity index (χ1v) is 6.47. The number of hydrogen-bond donors (Lipinski definition) is 2. The van der Waals surface area contributed by atoms with Crippen LogP contribution in [-0.4, -0.2) is 19.1 Å². The highest BCUT2D eigenvalue weighted by Crippen LogP contribution is 2.13. The molecule has 0 atom stereocenters. The Morgan fingerprint density at radius 1 is 1.33 bits per heavy atom. The van der Waals surface area contributed by atoms with E-state index >= 15 is 0 Å². The van der Waals surface area contributed by atoms with Crippen molar-refractivity contribution < 1.29 is 9.53 Å². The summed E-state index contributed by atoms with van der Waals surface area (Å²) in [4.78, 5) is 11.5. The molecule has 18 heavy (non-hydrogen) atoms. The molecule has 3 N–H and O–H groups in total. The van der Waals surface area contributed by atoms with Crippen LogP contribution in [0.25, 0.3) is 0 Å². The number of anilines is 1. The summed E-state index contributed by atoms with van der Waals surface area (Å²) in [6.45, 7) is 2.92. The van der Waals surface area contributed by atoms with E-state index in [4.69, 9.17) is 10.5 Å². The van der Waals surface area contributed by atoms with Gasteiger partial charge < -0.3 is 15.8 Å². The molecule has 0 spiro atoms. The maximum atomic E-state index is 11.5. The van der Waals surface area contributed by atoms with Gasteiger partial charge in [-0.15, -0.1) is 0 Å². The van der Waals surface area contributed by atoms with Gasteiger partial charge in [0, 0.05) is 18.3 Å². The highest BCUT2D eigenvalue weighted by atomic mass is 16.5.